The van der Waals surface area contributed by atoms with Crippen molar-refractivity contribution in [2.24, 2.45) is 0 Å². The van der Waals surface area contributed by atoms with E-state index in [9.17, 15) is 0 Å². The third-order valence-corrected chi connectivity index (χ3v) is 6.58. The Hall–Kier alpha value is -0.200. The molecule has 0 saturated carbocycles. The van der Waals surface area contributed by atoms with Crippen LogP contribution in [0.3, 0.4) is 0 Å². The van der Waals surface area contributed by atoms with Gasteiger partial charge in [0.2, 0.25) is 0 Å². The van der Waals surface area contributed by atoms with Crippen LogP contribution in [0.25, 0.3) is 10.1 Å². The molecule has 0 amide bonds. The van der Waals surface area contributed by atoms with Gasteiger partial charge in [0.15, 0.2) is 0 Å². The zero-order chi connectivity index (χ0) is 13.4. The van der Waals surface area contributed by atoms with Gasteiger partial charge < -0.3 is 5.32 Å². The first-order valence-corrected chi connectivity index (χ1v) is 9.01. The SMILES string of the molecule is CNC(c1cc2ccccc2s1)c1cc(Br)sc1Br. The van der Waals surface area contributed by atoms with Crippen molar-refractivity contribution in [3.8, 4) is 0 Å². The Morgan fingerprint density at radius 3 is 2.53 bits per heavy atom. The Morgan fingerprint density at radius 2 is 1.89 bits per heavy atom. The molecular weight excluding hydrogens is 406 g/mol. The lowest BCUT2D eigenvalue weighted by atomic mass is 10.1. The van der Waals surface area contributed by atoms with Crippen LogP contribution in [0.4, 0.5) is 0 Å². The van der Waals surface area contributed by atoms with E-state index in [1.807, 2.05) is 18.4 Å². The number of benzene rings is 1. The number of fused-ring (bicyclic) bond motifs is 1. The molecule has 1 nitrogen and oxygen atoms in total. The van der Waals surface area contributed by atoms with Gasteiger partial charge in [-0.25, -0.2) is 0 Å². The van der Waals surface area contributed by atoms with Crippen molar-refractivity contribution in [3.05, 3.63) is 54.4 Å². The largest absolute Gasteiger partial charge is 0.309 e. The van der Waals surface area contributed by atoms with Crippen LogP contribution in [-0.2, 0) is 0 Å². The van der Waals surface area contributed by atoms with E-state index in [1.54, 1.807) is 11.3 Å². The van der Waals surface area contributed by atoms with E-state index in [2.05, 4.69) is 73.6 Å². The predicted molar refractivity (Wildman–Crippen MR) is 92.4 cm³/mol. The molecule has 2 heterocycles. The summed E-state index contributed by atoms with van der Waals surface area (Å²) in [6, 6.07) is 13.2. The maximum Gasteiger partial charge on any atom is 0.0762 e. The zero-order valence-corrected chi connectivity index (χ0v) is 14.9. The summed E-state index contributed by atoms with van der Waals surface area (Å²) < 4.78 is 3.66. The highest BCUT2D eigenvalue weighted by Gasteiger charge is 2.19. The standard InChI is InChI=1S/C14H11Br2NS2/c1-17-13(9-7-12(15)19-14(9)16)11-6-8-4-2-3-5-10(8)18-11/h2-7,13,17H,1H3. The third-order valence-electron chi connectivity index (χ3n) is 3.01. The van der Waals surface area contributed by atoms with Gasteiger partial charge in [0.1, 0.15) is 0 Å². The first-order valence-electron chi connectivity index (χ1n) is 5.79. The second-order valence-electron chi connectivity index (χ2n) is 4.19. The van der Waals surface area contributed by atoms with Crippen molar-refractivity contribution < 1.29 is 0 Å². The number of nitrogens with one attached hydrogen (secondary N) is 1. The van der Waals surface area contributed by atoms with Crippen molar-refractivity contribution in [2.45, 2.75) is 6.04 Å². The van der Waals surface area contributed by atoms with Crippen LogP contribution >= 0.6 is 54.5 Å². The van der Waals surface area contributed by atoms with Gasteiger partial charge in [-0.15, -0.1) is 22.7 Å². The second kappa shape index (κ2) is 5.66. The monoisotopic (exact) mass is 415 g/mol. The molecule has 0 saturated heterocycles. The van der Waals surface area contributed by atoms with E-state index in [1.165, 1.54) is 24.3 Å². The van der Waals surface area contributed by atoms with Gasteiger partial charge in [-0.3, -0.25) is 0 Å². The van der Waals surface area contributed by atoms with Crippen molar-refractivity contribution in [1.82, 2.24) is 5.32 Å². The van der Waals surface area contributed by atoms with Crippen molar-refractivity contribution in [2.75, 3.05) is 7.05 Å². The van der Waals surface area contributed by atoms with E-state index in [0.29, 0.717) is 0 Å². The van der Waals surface area contributed by atoms with E-state index in [0.717, 1.165) is 3.79 Å². The third kappa shape index (κ3) is 2.67. The quantitative estimate of drug-likeness (QED) is 0.569. The topological polar surface area (TPSA) is 12.0 Å². The van der Waals surface area contributed by atoms with Crippen LogP contribution in [0.5, 0.6) is 0 Å². The Labute approximate surface area is 136 Å². The first kappa shape index (κ1) is 13.8. The predicted octanol–water partition coefficient (Wildman–Crippen LogP) is 5.80. The maximum absolute atomic E-state index is 3.65. The Morgan fingerprint density at radius 1 is 1.11 bits per heavy atom. The summed E-state index contributed by atoms with van der Waals surface area (Å²) in [5.41, 5.74) is 1.28. The van der Waals surface area contributed by atoms with Gasteiger partial charge >= 0.3 is 0 Å². The molecule has 0 aliphatic carbocycles. The molecular formula is C14H11Br2NS2. The minimum atomic E-state index is 0.231. The van der Waals surface area contributed by atoms with Crippen LogP contribution in [0.1, 0.15) is 16.5 Å². The molecule has 0 bridgehead atoms. The number of thiophene rings is 2. The normalized spacial score (nSPS) is 13.0. The van der Waals surface area contributed by atoms with Crippen molar-refractivity contribution >= 4 is 64.6 Å². The van der Waals surface area contributed by atoms with E-state index in [4.69, 9.17) is 0 Å². The molecule has 19 heavy (non-hydrogen) atoms. The molecule has 1 aromatic carbocycles. The van der Waals surface area contributed by atoms with Crippen LogP contribution < -0.4 is 5.32 Å². The summed E-state index contributed by atoms with van der Waals surface area (Å²) in [4.78, 5) is 1.34. The number of hydrogen-bond donors (Lipinski definition) is 1. The van der Waals surface area contributed by atoms with Crippen molar-refractivity contribution in [1.29, 1.82) is 0 Å². The summed E-state index contributed by atoms with van der Waals surface area (Å²) in [7, 11) is 2.01. The molecule has 0 fully saturated rings. The molecule has 5 heteroatoms. The molecule has 1 N–H and O–H groups in total. The molecule has 3 aromatic rings. The highest BCUT2D eigenvalue weighted by Crippen LogP contribution is 2.40. The van der Waals surface area contributed by atoms with Gasteiger partial charge in [0, 0.05) is 15.1 Å². The fourth-order valence-electron chi connectivity index (χ4n) is 2.15. The molecule has 2 aromatic heterocycles. The Bertz CT molecular complexity index is 684. The summed E-state index contributed by atoms with van der Waals surface area (Å²) in [6.07, 6.45) is 0. The minimum absolute atomic E-state index is 0.231. The second-order valence-corrected chi connectivity index (χ2v) is 9.05. The zero-order valence-electron chi connectivity index (χ0n) is 10.1. The average molecular weight is 417 g/mol. The summed E-state index contributed by atoms with van der Waals surface area (Å²) in [5.74, 6) is 0. The molecule has 98 valence electrons. The molecule has 0 aliphatic rings. The van der Waals surface area contributed by atoms with E-state index < -0.39 is 0 Å². The molecule has 0 aliphatic heterocycles. The fourth-order valence-corrected chi connectivity index (χ4v) is 6.24. The number of halogens is 2. The highest BCUT2D eigenvalue weighted by molar-refractivity contribution is 9.12. The number of rotatable bonds is 3. The Kier molecular flexibility index (Phi) is 4.10. The molecule has 0 spiro atoms. The average Bonchev–Trinajstić information content (AvgIpc) is 2.94. The fraction of sp³-hybridized carbons (Fsp3) is 0.143. The minimum Gasteiger partial charge on any atom is -0.309 e. The first-order chi connectivity index (χ1) is 9.19. The van der Waals surface area contributed by atoms with Gasteiger partial charge in [-0.1, -0.05) is 18.2 Å². The smallest absolute Gasteiger partial charge is 0.0762 e. The summed E-state index contributed by atoms with van der Waals surface area (Å²) >= 11 is 10.8. The number of hydrogen-bond acceptors (Lipinski definition) is 3. The summed E-state index contributed by atoms with van der Waals surface area (Å²) in [6.45, 7) is 0. The lowest BCUT2D eigenvalue weighted by Gasteiger charge is -2.13. The van der Waals surface area contributed by atoms with Crippen LogP contribution in [0.2, 0.25) is 0 Å². The van der Waals surface area contributed by atoms with Gasteiger partial charge in [0.05, 0.1) is 13.6 Å². The van der Waals surface area contributed by atoms with Gasteiger partial charge in [-0.05, 0) is 62.5 Å². The summed E-state index contributed by atoms with van der Waals surface area (Å²) in [5, 5.41) is 4.73. The van der Waals surface area contributed by atoms with Gasteiger partial charge in [0.25, 0.3) is 0 Å². The molecule has 1 atom stereocenters. The van der Waals surface area contributed by atoms with E-state index >= 15 is 0 Å². The van der Waals surface area contributed by atoms with Crippen LogP contribution in [0, 0.1) is 0 Å². The molecule has 3 rings (SSSR count). The Balaban J connectivity index is 2.09. The van der Waals surface area contributed by atoms with Gasteiger partial charge in [-0.2, -0.15) is 0 Å². The van der Waals surface area contributed by atoms with E-state index in [-0.39, 0.29) is 6.04 Å². The molecule has 1 unspecified atom stereocenters. The van der Waals surface area contributed by atoms with Crippen LogP contribution in [-0.4, -0.2) is 7.05 Å². The lowest BCUT2D eigenvalue weighted by Crippen LogP contribution is -2.16. The van der Waals surface area contributed by atoms with Crippen molar-refractivity contribution in [3.63, 3.8) is 0 Å². The van der Waals surface area contributed by atoms with Crippen LogP contribution in [0.15, 0.2) is 44.0 Å². The maximum atomic E-state index is 3.65. The molecule has 0 radical (unpaired) electrons. The highest BCUT2D eigenvalue weighted by atomic mass is 79.9. The lowest BCUT2D eigenvalue weighted by molar-refractivity contribution is 0.704.